The van der Waals surface area contributed by atoms with Crippen molar-refractivity contribution in [1.29, 1.82) is 0 Å². The van der Waals surface area contributed by atoms with Gasteiger partial charge in [0.2, 0.25) is 0 Å². The van der Waals surface area contributed by atoms with Crippen molar-refractivity contribution in [3.63, 3.8) is 0 Å². The molecule has 1 atom stereocenters. The van der Waals surface area contributed by atoms with Crippen LogP contribution in [-0.4, -0.2) is 42.4 Å². The number of hydrogen-bond donors (Lipinski definition) is 1. The van der Waals surface area contributed by atoms with Gasteiger partial charge in [-0.1, -0.05) is 6.07 Å². The van der Waals surface area contributed by atoms with Crippen LogP contribution in [-0.2, 0) is 4.74 Å². The first-order valence-corrected chi connectivity index (χ1v) is 6.48. The van der Waals surface area contributed by atoms with Crippen molar-refractivity contribution in [3.8, 4) is 0 Å². The molecule has 98 valence electrons. The largest absolute Gasteiger partial charge is 0.465 e. The van der Waals surface area contributed by atoms with Crippen LogP contribution in [0.3, 0.4) is 0 Å². The summed E-state index contributed by atoms with van der Waals surface area (Å²) in [5.41, 5.74) is 2.13. The van der Waals surface area contributed by atoms with Crippen LogP contribution in [0, 0.1) is 0 Å². The third-order valence-corrected chi connectivity index (χ3v) is 3.78. The van der Waals surface area contributed by atoms with Gasteiger partial charge in [-0.15, -0.1) is 0 Å². The van der Waals surface area contributed by atoms with E-state index in [1.807, 2.05) is 12.1 Å². The Morgan fingerprint density at radius 3 is 3.11 bits per heavy atom. The predicted octanol–water partition coefficient (Wildman–Crippen LogP) is 1.03. The van der Waals surface area contributed by atoms with Gasteiger partial charge in [0.1, 0.15) is 5.82 Å². The van der Waals surface area contributed by atoms with Crippen molar-refractivity contribution < 1.29 is 9.53 Å². The topological polar surface area (TPSA) is 58.2 Å². The van der Waals surface area contributed by atoms with Gasteiger partial charge in [0.25, 0.3) is 0 Å². The lowest BCUT2D eigenvalue weighted by Gasteiger charge is -2.16. The minimum Gasteiger partial charge on any atom is -0.465 e. The highest BCUT2D eigenvalue weighted by Crippen LogP contribution is 2.30. The van der Waals surface area contributed by atoms with Crippen molar-refractivity contribution in [2.45, 2.75) is 18.9 Å². The first-order valence-electron chi connectivity index (χ1n) is 6.48. The molecule has 0 radical (unpaired) electrons. The van der Waals surface area contributed by atoms with Gasteiger partial charge >= 0.3 is 5.97 Å². The van der Waals surface area contributed by atoms with Crippen molar-refractivity contribution in [1.82, 2.24) is 14.8 Å². The minimum atomic E-state index is -0.333. The molecule has 2 heterocycles. The smallest absolute Gasteiger partial charge is 0.340 e. The van der Waals surface area contributed by atoms with Gasteiger partial charge < -0.3 is 14.5 Å². The average Bonchev–Trinajstić information content (AvgIpc) is 3.02. The molecule has 0 saturated carbocycles. The number of ether oxygens (including phenoxy) is 1. The molecule has 1 saturated heterocycles. The summed E-state index contributed by atoms with van der Waals surface area (Å²) in [4.78, 5) is 21.9. The Balaban J connectivity index is 2.07. The number of aromatic amines is 1. The Hall–Kier alpha value is -1.82. The quantitative estimate of drug-likeness (QED) is 0.645. The fraction of sp³-hybridized carbons (Fsp3) is 0.385. The molecule has 1 aliphatic heterocycles. The van der Waals surface area contributed by atoms with Gasteiger partial charge in [-0.05, 0) is 31.5 Å². The normalized spacial score (nSPS) is 19.9. The molecular weight excluding hydrogens is 241 g/mol. The van der Waals surface area contributed by atoms with E-state index in [-0.39, 0.29) is 5.97 Å². The second kappa shape index (κ2) is 4.70. The molecule has 1 fully saturated rings. The van der Waals surface area contributed by atoms with E-state index in [4.69, 9.17) is 4.74 Å². The number of carbonyl (C=O) groups excluding carboxylic acids is 1. The van der Waals surface area contributed by atoms with Crippen LogP contribution in [0.15, 0.2) is 18.2 Å². The van der Waals surface area contributed by atoms with E-state index >= 15 is 0 Å². The number of benzene rings is 1. The van der Waals surface area contributed by atoms with Gasteiger partial charge in [0, 0.05) is 0 Å². The van der Waals surface area contributed by atoms with Crippen LogP contribution < -0.4 is 0 Å². The summed E-state index contributed by atoms with van der Waals surface area (Å²) in [6.07, 6.45) is 2.28. The van der Waals surface area contributed by atoms with E-state index in [1.165, 1.54) is 13.5 Å². The average molecular weight is 257 g/mol. The van der Waals surface area contributed by atoms with Crippen molar-refractivity contribution in [2.75, 3.05) is 13.7 Å². The number of nitrogens with one attached hydrogen (secondary N) is 1. The standard InChI is InChI=1S/C13H16BN3O2/c1-19-13(18)8-4-2-5-9-11(8)16-12(15-9)10-6-3-7-17(10)14/h2,4-5,10H,3,6-7,14H2,1H3,(H,15,16)/t10-/m0/s1. The number of methoxy groups -OCH3 is 1. The van der Waals surface area contributed by atoms with Crippen LogP contribution >= 0.6 is 0 Å². The number of H-pyrrole nitrogens is 1. The fourth-order valence-electron chi connectivity index (χ4n) is 2.74. The van der Waals surface area contributed by atoms with Crippen molar-refractivity contribution >= 4 is 25.0 Å². The number of carbonyl (C=O) groups is 1. The number of imidazole rings is 1. The van der Waals surface area contributed by atoms with Crippen molar-refractivity contribution in [3.05, 3.63) is 29.6 Å². The maximum Gasteiger partial charge on any atom is 0.340 e. The summed E-state index contributed by atoms with van der Waals surface area (Å²) in [5, 5.41) is 0. The Bertz CT molecular complexity index is 625. The number of esters is 1. The molecule has 1 N–H and O–H groups in total. The molecule has 1 aromatic heterocycles. The molecule has 2 aromatic rings. The molecule has 0 aliphatic carbocycles. The lowest BCUT2D eigenvalue weighted by molar-refractivity contribution is 0.0603. The number of nitrogens with zero attached hydrogens (tertiary/aromatic N) is 2. The van der Waals surface area contributed by atoms with Crippen LogP contribution in [0.2, 0.25) is 0 Å². The van der Waals surface area contributed by atoms with Gasteiger partial charge in [-0.25, -0.2) is 9.78 Å². The van der Waals surface area contributed by atoms with E-state index in [0.717, 1.165) is 29.8 Å². The fourth-order valence-corrected chi connectivity index (χ4v) is 2.74. The molecule has 6 heteroatoms. The maximum atomic E-state index is 11.7. The summed E-state index contributed by atoms with van der Waals surface area (Å²) in [6.45, 7) is 1.09. The Kier molecular flexibility index (Phi) is 3.02. The number of rotatable bonds is 2. The second-order valence-electron chi connectivity index (χ2n) is 4.95. The van der Waals surface area contributed by atoms with Crippen LogP contribution in [0.5, 0.6) is 0 Å². The van der Waals surface area contributed by atoms with Crippen LogP contribution in [0.4, 0.5) is 0 Å². The Morgan fingerprint density at radius 1 is 1.58 bits per heavy atom. The molecule has 0 bridgehead atoms. The number of aromatic nitrogens is 2. The molecule has 19 heavy (non-hydrogen) atoms. The minimum absolute atomic E-state index is 0.317. The van der Waals surface area contributed by atoms with Gasteiger partial charge in [-0.2, -0.15) is 0 Å². The third-order valence-electron chi connectivity index (χ3n) is 3.78. The van der Waals surface area contributed by atoms with E-state index < -0.39 is 0 Å². The molecule has 5 nitrogen and oxygen atoms in total. The highest BCUT2D eigenvalue weighted by Gasteiger charge is 2.25. The molecule has 1 aromatic carbocycles. The Morgan fingerprint density at radius 2 is 2.42 bits per heavy atom. The highest BCUT2D eigenvalue weighted by molar-refractivity contribution is 6.05. The zero-order chi connectivity index (χ0) is 13.4. The summed E-state index contributed by atoms with van der Waals surface area (Å²) in [7, 11) is 3.50. The lowest BCUT2D eigenvalue weighted by Crippen LogP contribution is -2.20. The summed E-state index contributed by atoms with van der Waals surface area (Å²) in [5.74, 6) is 0.604. The number of hydrogen-bond acceptors (Lipinski definition) is 4. The molecular formula is C13H16BN3O2. The summed E-state index contributed by atoms with van der Waals surface area (Å²) in [6, 6.07) is 5.82. The molecule has 1 aliphatic rings. The highest BCUT2D eigenvalue weighted by atomic mass is 16.5. The first kappa shape index (κ1) is 12.2. The van der Waals surface area contributed by atoms with Gasteiger partial charge in [-0.3, -0.25) is 0 Å². The van der Waals surface area contributed by atoms with E-state index in [1.54, 1.807) is 6.07 Å². The van der Waals surface area contributed by atoms with Crippen LogP contribution in [0.1, 0.15) is 35.1 Å². The summed E-state index contributed by atoms with van der Waals surface area (Å²) < 4.78 is 4.80. The Labute approximate surface area is 112 Å². The van der Waals surface area contributed by atoms with E-state index in [9.17, 15) is 4.79 Å². The SMILES string of the molecule is BN1CCC[C@H]1c1nc2cccc(C(=O)OC)c2[nH]1. The van der Waals surface area contributed by atoms with Gasteiger partial charge in [0.15, 0.2) is 7.98 Å². The third kappa shape index (κ3) is 2.02. The maximum absolute atomic E-state index is 11.7. The number of fused-ring (bicyclic) bond motifs is 1. The monoisotopic (exact) mass is 257 g/mol. The van der Waals surface area contributed by atoms with Crippen molar-refractivity contribution in [2.24, 2.45) is 0 Å². The first-order chi connectivity index (χ1) is 9.20. The van der Waals surface area contributed by atoms with E-state index in [0.29, 0.717) is 11.6 Å². The predicted molar refractivity (Wildman–Crippen MR) is 74.7 cm³/mol. The second-order valence-corrected chi connectivity index (χ2v) is 4.95. The zero-order valence-corrected chi connectivity index (χ0v) is 11.1. The molecule has 0 spiro atoms. The van der Waals surface area contributed by atoms with E-state index in [2.05, 4.69) is 22.8 Å². The zero-order valence-electron chi connectivity index (χ0n) is 11.1. The lowest BCUT2D eigenvalue weighted by atomic mass is 10.2. The van der Waals surface area contributed by atoms with Crippen LogP contribution in [0.25, 0.3) is 11.0 Å². The molecule has 3 rings (SSSR count). The van der Waals surface area contributed by atoms with Gasteiger partial charge in [0.05, 0.1) is 29.7 Å². The number of para-hydroxylation sites is 1. The summed E-state index contributed by atoms with van der Waals surface area (Å²) >= 11 is 0. The molecule has 0 amide bonds. The molecule has 0 unspecified atom stereocenters.